The summed E-state index contributed by atoms with van der Waals surface area (Å²) in [7, 11) is 0. The SMILES string of the molecule is CC(C)(C)c1ccccc1Nc1ncc(C(=O)NCCN2CCOCC2)cn1. The molecule has 0 atom stereocenters. The minimum atomic E-state index is -0.157. The van der Waals surface area contributed by atoms with Crippen LogP contribution in [0.4, 0.5) is 11.6 Å². The van der Waals surface area contributed by atoms with Gasteiger partial charge >= 0.3 is 0 Å². The van der Waals surface area contributed by atoms with Crippen LogP contribution < -0.4 is 10.6 Å². The van der Waals surface area contributed by atoms with Gasteiger partial charge in [-0.2, -0.15) is 0 Å². The lowest BCUT2D eigenvalue weighted by Crippen LogP contribution is -2.41. The first-order chi connectivity index (χ1) is 13.4. The smallest absolute Gasteiger partial charge is 0.254 e. The second kappa shape index (κ2) is 9.12. The van der Waals surface area contributed by atoms with Crippen molar-refractivity contribution in [3.05, 3.63) is 47.8 Å². The summed E-state index contributed by atoms with van der Waals surface area (Å²) in [4.78, 5) is 23.2. The van der Waals surface area contributed by atoms with E-state index < -0.39 is 0 Å². The molecule has 2 N–H and O–H groups in total. The van der Waals surface area contributed by atoms with E-state index in [9.17, 15) is 4.79 Å². The summed E-state index contributed by atoms with van der Waals surface area (Å²) in [6.07, 6.45) is 3.11. The Balaban J connectivity index is 1.55. The highest BCUT2D eigenvalue weighted by Crippen LogP contribution is 2.30. The fourth-order valence-electron chi connectivity index (χ4n) is 3.13. The van der Waals surface area contributed by atoms with Gasteiger partial charge in [-0.3, -0.25) is 9.69 Å². The number of nitrogens with zero attached hydrogens (tertiary/aromatic N) is 3. The van der Waals surface area contributed by atoms with Crippen molar-refractivity contribution in [2.75, 3.05) is 44.7 Å². The van der Waals surface area contributed by atoms with Gasteiger partial charge in [-0.25, -0.2) is 9.97 Å². The van der Waals surface area contributed by atoms with Gasteiger partial charge in [-0.1, -0.05) is 39.0 Å². The first kappa shape index (κ1) is 20.2. The van der Waals surface area contributed by atoms with E-state index >= 15 is 0 Å². The lowest BCUT2D eigenvalue weighted by Gasteiger charge is -2.26. The molecule has 1 saturated heterocycles. The zero-order chi connectivity index (χ0) is 20.0. The third-order valence-corrected chi connectivity index (χ3v) is 4.71. The Morgan fingerprint density at radius 2 is 1.82 bits per heavy atom. The molecular formula is C21H29N5O2. The molecule has 1 aromatic heterocycles. The predicted octanol–water partition coefficient (Wildman–Crippen LogP) is 2.58. The fraction of sp³-hybridized carbons (Fsp3) is 0.476. The van der Waals surface area contributed by atoms with Gasteiger partial charge in [-0.05, 0) is 17.0 Å². The summed E-state index contributed by atoms with van der Waals surface area (Å²) in [5, 5.41) is 6.18. The number of carbonyl (C=O) groups excluding carboxylic acids is 1. The first-order valence-electron chi connectivity index (χ1n) is 9.70. The normalized spacial score (nSPS) is 15.2. The molecule has 2 aromatic rings. The van der Waals surface area contributed by atoms with Gasteiger partial charge in [0, 0.05) is 44.3 Å². The van der Waals surface area contributed by atoms with Crippen molar-refractivity contribution in [2.45, 2.75) is 26.2 Å². The number of rotatable bonds is 6. The van der Waals surface area contributed by atoms with E-state index in [0.717, 1.165) is 38.5 Å². The molecule has 1 aliphatic rings. The van der Waals surface area contributed by atoms with Crippen LogP contribution >= 0.6 is 0 Å². The number of para-hydroxylation sites is 1. The number of benzene rings is 1. The maximum atomic E-state index is 12.3. The average Bonchev–Trinajstić information content (AvgIpc) is 2.69. The first-order valence-corrected chi connectivity index (χ1v) is 9.70. The van der Waals surface area contributed by atoms with Crippen molar-refractivity contribution in [3.63, 3.8) is 0 Å². The molecule has 0 unspecified atom stereocenters. The topological polar surface area (TPSA) is 79.4 Å². The Hall–Kier alpha value is -2.51. The van der Waals surface area contributed by atoms with E-state index in [0.29, 0.717) is 18.1 Å². The Morgan fingerprint density at radius 3 is 2.50 bits per heavy atom. The summed E-state index contributed by atoms with van der Waals surface area (Å²) in [6, 6.07) is 8.11. The van der Waals surface area contributed by atoms with Crippen molar-refractivity contribution < 1.29 is 9.53 Å². The molecule has 0 spiro atoms. The highest BCUT2D eigenvalue weighted by molar-refractivity contribution is 5.93. The average molecular weight is 383 g/mol. The zero-order valence-corrected chi connectivity index (χ0v) is 16.9. The Kier molecular flexibility index (Phi) is 6.59. The van der Waals surface area contributed by atoms with Crippen molar-refractivity contribution in [1.29, 1.82) is 0 Å². The number of hydrogen-bond donors (Lipinski definition) is 2. The maximum Gasteiger partial charge on any atom is 0.254 e. The molecular weight excluding hydrogens is 354 g/mol. The minimum absolute atomic E-state index is 0.00387. The standard InChI is InChI=1S/C21H29N5O2/c1-21(2,3)17-6-4-5-7-18(17)25-20-23-14-16(15-24-20)19(27)22-8-9-26-10-12-28-13-11-26/h4-7,14-15H,8-13H2,1-3H3,(H,22,27)(H,23,24,25). The van der Waals surface area contributed by atoms with Crippen LogP contribution in [0.5, 0.6) is 0 Å². The summed E-state index contributed by atoms with van der Waals surface area (Å²) in [5.41, 5.74) is 2.61. The van der Waals surface area contributed by atoms with Crippen LogP contribution in [0.1, 0.15) is 36.7 Å². The number of hydrogen-bond acceptors (Lipinski definition) is 6. The minimum Gasteiger partial charge on any atom is -0.379 e. The molecule has 3 rings (SSSR count). The van der Waals surface area contributed by atoms with E-state index in [-0.39, 0.29) is 11.3 Å². The van der Waals surface area contributed by atoms with Crippen molar-refractivity contribution >= 4 is 17.5 Å². The van der Waals surface area contributed by atoms with Gasteiger partial charge in [0.15, 0.2) is 0 Å². The number of aromatic nitrogens is 2. The van der Waals surface area contributed by atoms with Crippen LogP contribution in [-0.4, -0.2) is 60.2 Å². The zero-order valence-electron chi connectivity index (χ0n) is 16.9. The molecule has 7 nitrogen and oxygen atoms in total. The van der Waals surface area contributed by atoms with Crippen LogP contribution in [0, 0.1) is 0 Å². The molecule has 0 aliphatic carbocycles. The monoisotopic (exact) mass is 383 g/mol. The van der Waals surface area contributed by atoms with Crippen molar-refractivity contribution in [2.24, 2.45) is 0 Å². The summed E-state index contributed by atoms with van der Waals surface area (Å²) >= 11 is 0. The van der Waals surface area contributed by atoms with Crippen LogP contribution in [-0.2, 0) is 10.2 Å². The molecule has 0 radical (unpaired) electrons. The summed E-state index contributed by atoms with van der Waals surface area (Å²) in [5.74, 6) is 0.316. The van der Waals surface area contributed by atoms with E-state index in [2.05, 4.69) is 52.3 Å². The second-order valence-electron chi connectivity index (χ2n) is 7.93. The summed E-state index contributed by atoms with van der Waals surface area (Å²) < 4.78 is 5.32. The number of anilines is 2. The number of nitrogens with one attached hydrogen (secondary N) is 2. The third kappa shape index (κ3) is 5.50. The molecule has 1 amide bonds. The number of morpholine rings is 1. The molecule has 1 aromatic carbocycles. The molecule has 150 valence electrons. The van der Waals surface area contributed by atoms with E-state index in [4.69, 9.17) is 4.74 Å². The lowest BCUT2D eigenvalue weighted by molar-refractivity contribution is 0.0383. The van der Waals surface area contributed by atoms with Crippen LogP contribution in [0.2, 0.25) is 0 Å². The Morgan fingerprint density at radius 1 is 1.14 bits per heavy atom. The quantitative estimate of drug-likeness (QED) is 0.798. The highest BCUT2D eigenvalue weighted by atomic mass is 16.5. The van der Waals surface area contributed by atoms with Crippen LogP contribution in [0.25, 0.3) is 0 Å². The Labute approximate surface area is 166 Å². The van der Waals surface area contributed by atoms with Gasteiger partial charge in [0.05, 0.1) is 18.8 Å². The van der Waals surface area contributed by atoms with Crippen LogP contribution in [0.15, 0.2) is 36.7 Å². The highest BCUT2D eigenvalue weighted by Gasteiger charge is 2.18. The van der Waals surface area contributed by atoms with Gasteiger partial charge in [0.25, 0.3) is 5.91 Å². The molecule has 1 fully saturated rings. The number of ether oxygens (including phenoxy) is 1. The van der Waals surface area contributed by atoms with E-state index in [1.807, 2.05) is 18.2 Å². The van der Waals surface area contributed by atoms with Crippen molar-refractivity contribution in [3.8, 4) is 0 Å². The summed E-state index contributed by atoms with van der Waals surface area (Å²) in [6.45, 7) is 11.3. The van der Waals surface area contributed by atoms with Crippen LogP contribution in [0.3, 0.4) is 0 Å². The fourth-order valence-corrected chi connectivity index (χ4v) is 3.13. The molecule has 0 bridgehead atoms. The van der Waals surface area contributed by atoms with Gasteiger partial charge in [-0.15, -0.1) is 0 Å². The van der Waals surface area contributed by atoms with E-state index in [1.165, 1.54) is 5.56 Å². The predicted molar refractivity (Wildman–Crippen MR) is 110 cm³/mol. The number of amides is 1. The Bertz CT molecular complexity index is 780. The van der Waals surface area contributed by atoms with Gasteiger partial charge in [0.2, 0.25) is 5.95 Å². The molecule has 1 aliphatic heterocycles. The molecule has 7 heteroatoms. The number of carbonyl (C=O) groups is 1. The molecule has 2 heterocycles. The maximum absolute atomic E-state index is 12.3. The largest absolute Gasteiger partial charge is 0.379 e. The second-order valence-corrected chi connectivity index (χ2v) is 7.93. The third-order valence-electron chi connectivity index (χ3n) is 4.71. The van der Waals surface area contributed by atoms with Gasteiger partial charge < -0.3 is 15.4 Å². The molecule has 28 heavy (non-hydrogen) atoms. The van der Waals surface area contributed by atoms with E-state index in [1.54, 1.807) is 12.4 Å². The van der Waals surface area contributed by atoms with Crippen molar-refractivity contribution in [1.82, 2.24) is 20.2 Å². The lowest BCUT2D eigenvalue weighted by atomic mass is 9.86. The van der Waals surface area contributed by atoms with Gasteiger partial charge in [0.1, 0.15) is 0 Å². The molecule has 0 saturated carbocycles.